The lowest BCUT2D eigenvalue weighted by molar-refractivity contribution is -0.144. The first-order valence-corrected chi connectivity index (χ1v) is 26.9. The van der Waals surface area contributed by atoms with Crippen LogP contribution in [0.25, 0.3) is 21.5 Å². The van der Waals surface area contributed by atoms with Gasteiger partial charge >= 0.3 is 0 Å². The zero-order valence-electron chi connectivity index (χ0n) is 44.9. The monoisotopic (exact) mass is 1090 g/mol. The highest BCUT2D eigenvalue weighted by molar-refractivity contribution is 7.13. The average molecular weight is 1090 g/mol. The number of amides is 6. The van der Waals surface area contributed by atoms with Crippen molar-refractivity contribution in [2.45, 2.75) is 104 Å². The van der Waals surface area contributed by atoms with Gasteiger partial charge in [0.1, 0.15) is 35.1 Å². The molecule has 3 aromatic heterocycles. The minimum Gasteiger partial charge on any atom is -0.495 e. The molecule has 0 spiro atoms. The van der Waals surface area contributed by atoms with Crippen LogP contribution in [0.5, 0.6) is 5.75 Å². The van der Waals surface area contributed by atoms with E-state index in [1.165, 1.54) is 36.1 Å². The summed E-state index contributed by atoms with van der Waals surface area (Å²) in [6, 6.07) is 15.6. The molecular weight excluding hydrogens is 1020 g/mol. The Balaban J connectivity index is 0.793. The number of likely N-dealkylation sites (tertiary alicyclic amines) is 1. The number of methoxy groups -OCH3 is 1. The number of aliphatic hydroxyl groups is 1. The SMILES string of the molecule is CNC(=O)c1c(F)cccc1Nc1nc(Nc2cc3c(cc2OC)CCN3C(=O)CN(C)C(=O)CCCCCCC(=O)N[C@H](C(=O)N2C[C@H](O)C[C@H]2C(=O)NCc2ccc(-c3scnc3C)cc2)C(C)(C)C)nc2[nH]ccc12. The average Bonchev–Trinajstić information content (AvgIpc) is 4.25. The number of rotatable bonds is 21. The minimum absolute atomic E-state index is 0.0257. The van der Waals surface area contributed by atoms with Crippen LogP contribution in [0.4, 0.5) is 33.2 Å². The van der Waals surface area contributed by atoms with Gasteiger partial charge in [0.2, 0.25) is 35.5 Å². The fourth-order valence-corrected chi connectivity index (χ4v) is 10.6. The molecule has 5 heterocycles. The number of thiazole rings is 1. The number of fused-ring (bicyclic) bond motifs is 2. The smallest absolute Gasteiger partial charge is 0.256 e. The number of unbranched alkanes of at least 4 members (excludes halogenated alkanes) is 3. The third-order valence-electron chi connectivity index (χ3n) is 14.0. The highest BCUT2D eigenvalue weighted by atomic mass is 32.1. The van der Waals surface area contributed by atoms with E-state index in [2.05, 4.69) is 46.5 Å². The van der Waals surface area contributed by atoms with Crippen LogP contribution in [-0.4, -0.2) is 129 Å². The van der Waals surface area contributed by atoms with Crippen LogP contribution >= 0.6 is 11.3 Å². The van der Waals surface area contributed by atoms with Crippen molar-refractivity contribution in [3.63, 3.8) is 0 Å². The van der Waals surface area contributed by atoms with Crippen LogP contribution < -0.4 is 36.2 Å². The summed E-state index contributed by atoms with van der Waals surface area (Å²) in [5.74, 6) is -1.99. The van der Waals surface area contributed by atoms with Gasteiger partial charge < -0.3 is 56.1 Å². The van der Waals surface area contributed by atoms with Gasteiger partial charge in [-0.3, -0.25) is 28.8 Å². The number of aromatic amines is 1. The molecular formula is C56H67FN12O8S. The summed E-state index contributed by atoms with van der Waals surface area (Å²) in [5, 5.41) is 25.8. The van der Waals surface area contributed by atoms with Crippen molar-refractivity contribution in [2.24, 2.45) is 5.41 Å². The van der Waals surface area contributed by atoms with E-state index in [9.17, 15) is 38.3 Å². The summed E-state index contributed by atoms with van der Waals surface area (Å²) in [6.45, 7) is 7.95. The number of aliphatic hydroxyl groups excluding tert-OH is 1. The van der Waals surface area contributed by atoms with E-state index >= 15 is 0 Å². The maximum Gasteiger partial charge on any atom is 0.256 e. The van der Waals surface area contributed by atoms with Gasteiger partial charge in [0.15, 0.2) is 0 Å². The summed E-state index contributed by atoms with van der Waals surface area (Å²) in [7, 11) is 4.54. The number of aryl methyl sites for hydroxylation is 1. The number of hydrogen-bond donors (Lipinski definition) is 7. The predicted octanol–water partition coefficient (Wildman–Crippen LogP) is 6.88. The second-order valence-electron chi connectivity index (χ2n) is 20.7. The number of H-pyrrole nitrogens is 1. The number of nitrogens with one attached hydrogen (secondary N) is 6. The molecule has 3 atom stereocenters. The standard InChI is InChI=1S/C56H67FN12O8S/c1-32-48(78-31-61-32)34-19-17-33(18-20-34)28-60-52(74)42-26-36(70)29-69(42)54(76)49(56(2,3)4)64-44(71)15-10-8-9-11-16-45(72)67(6)30-46(73)68-24-22-35-25-43(77-7)40(27-41(35)68)63-55-65-50-37(21-23-59-50)51(66-55)62-39-14-12-13-38(57)47(39)53(75)58-5/h12-14,17-21,23,25,27,31,36,42,49,70H,8-11,15-16,22,24,26,28-30H2,1-7H3,(H,58,75)(H,60,74)(H,64,71)(H3,59,62,63,65,66)/t36-,42+,49-/m1/s1. The molecule has 0 bridgehead atoms. The molecule has 6 aromatic rings. The van der Waals surface area contributed by atoms with Crippen LogP contribution in [0.15, 0.2) is 72.4 Å². The molecule has 78 heavy (non-hydrogen) atoms. The van der Waals surface area contributed by atoms with E-state index in [-0.39, 0.29) is 79.7 Å². The van der Waals surface area contributed by atoms with Gasteiger partial charge in [-0.05, 0) is 78.6 Å². The number of β-amino-alcohol motifs (C(OH)–C–C–N with tert-alkyl or cyclic N) is 1. The zero-order valence-corrected chi connectivity index (χ0v) is 45.7. The maximum absolute atomic E-state index is 14.9. The Kier molecular flexibility index (Phi) is 17.7. The van der Waals surface area contributed by atoms with Gasteiger partial charge in [-0.15, -0.1) is 11.3 Å². The van der Waals surface area contributed by atoms with Gasteiger partial charge in [-0.25, -0.2) is 9.37 Å². The van der Waals surface area contributed by atoms with Crippen LogP contribution in [0.1, 0.15) is 92.9 Å². The number of likely N-dealkylation sites (N-methyl/N-ethyl adjacent to an activating group) is 1. The molecule has 1 saturated heterocycles. The number of hydrogen-bond acceptors (Lipinski definition) is 14. The summed E-state index contributed by atoms with van der Waals surface area (Å²) in [4.78, 5) is 103. The van der Waals surface area contributed by atoms with Crippen molar-refractivity contribution in [3.8, 4) is 16.2 Å². The summed E-state index contributed by atoms with van der Waals surface area (Å²) >= 11 is 1.56. The highest BCUT2D eigenvalue weighted by Gasteiger charge is 2.44. The van der Waals surface area contributed by atoms with E-state index in [0.717, 1.165) is 27.3 Å². The Labute approximate surface area is 455 Å². The van der Waals surface area contributed by atoms with Crippen molar-refractivity contribution in [1.82, 2.24) is 45.7 Å². The lowest BCUT2D eigenvalue weighted by Crippen LogP contribution is -2.57. The number of carbonyl (C=O) groups excluding carboxylic acids is 6. The number of halogens is 1. The quantitative estimate of drug-likeness (QED) is 0.0363. The Morgan fingerprint density at radius 3 is 2.44 bits per heavy atom. The van der Waals surface area contributed by atoms with Gasteiger partial charge in [0.25, 0.3) is 5.91 Å². The molecule has 6 amide bonds. The molecule has 1 fully saturated rings. The predicted molar refractivity (Wildman–Crippen MR) is 296 cm³/mol. The lowest BCUT2D eigenvalue weighted by Gasteiger charge is -2.35. The van der Waals surface area contributed by atoms with Crippen molar-refractivity contribution in [3.05, 3.63) is 101 Å². The van der Waals surface area contributed by atoms with E-state index in [0.29, 0.717) is 72.6 Å². The fourth-order valence-electron chi connectivity index (χ4n) is 9.76. The number of carbonyl (C=O) groups is 6. The number of ether oxygens (including phenoxy) is 1. The summed E-state index contributed by atoms with van der Waals surface area (Å²) in [6.07, 6.45) is 4.20. The van der Waals surface area contributed by atoms with E-state index < -0.39 is 41.2 Å². The first kappa shape index (κ1) is 56.2. The molecule has 8 rings (SSSR count). The third-order valence-corrected chi connectivity index (χ3v) is 15.0. The summed E-state index contributed by atoms with van der Waals surface area (Å²) in [5.41, 5.74) is 6.43. The molecule has 2 aliphatic heterocycles. The topological polar surface area (TPSA) is 256 Å². The number of nitrogens with zero attached hydrogens (tertiary/aromatic N) is 6. The number of aromatic nitrogens is 4. The van der Waals surface area contributed by atoms with Crippen LogP contribution in [0.3, 0.4) is 0 Å². The Morgan fingerprint density at radius 2 is 1.73 bits per heavy atom. The first-order chi connectivity index (χ1) is 37.3. The largest absolute Gasteiger partial charge is 0.495 e. The van der Waals surface area contributed by atoms with Gasteiger partial charge in [-0.2, -0.15) is 9.97 Å². The minimum atomic E-state index is -0.945. The van der Waals surface area contributed by atoms with Crippen molar-refractivity contribution >= 4 is 86.6 Å². The van der Waals surface area contributed by atoms with E-state index in [4.69, 9.17) is 4.74 Å². The van der Waals surface area contributed by atoms with Crippen LogP contribution in [-0.2, 0) is 36.9 Å². The summed E-state index contributed by atoms with van der Waals surface area (Å²) < 4.78 is 20.6. The second kappa shape index (κ2) is 24.6. The Bertz CT molecular complexity index is 3190. The normalized spacial score (nSPS) is 15.4. The molecule has 22 heteroatoms. The van der Waals surface area contributed by atoms with Gasteiger partial charge in [-0.1, -0.05) is 63.9 Å². The Hall–Kier alpha value is -7.98. The van der Waals surface area contributed by atoms with Gasteiger partial charge in [0, 0.05) is 64.9 Å². The zero-order chi connectivity index (χ0) is 55.8. The molecule has 3 aromatic carbocycles. The second-order valence-corrected chi connectivity index (χ2v) is 21.6. The molecule has 412 valence electrons. The van der Waals surface area contributed by atoms with E-state index in [1.807, 2.05) is 58.0 Å². The van der Waals surface area contributed by atoms with Crippen molar-refractivity contribution < 1.29 is 43.0 Å². The molecule has 0 radical (unpaired) electrons. The first-order valence-electron chi connectivity index (χ1n) is 26.0. The third kappa shape index (κ3) is 13.0. The molecule has 7 N–H and O–H groups in total. The van der Waals surface area contributed by atoms with Crippen LogP contribution in [0, 0.1) is 18.2 Å². The molecule has 0 saturated carbocycles. The molecule has 0 unspecified atom stereocenters. The molecule has 20 nitrogen and oxygen atoms in total. The fraction of sp³-hybridized carbons (Fsp3) is 0.411. The number of anilines is 5. The van der Waals surface area contributed by atoms with Crippen LogP contribution in [0.2, 0.25) is 0 Å². The van der Waals surface area contributed by atoms with Crippen molar-refractivity contribution in [2.75, 3.05) is 56.4 Å². The molecule has 2 aliphatic rings. The Morgan fingerprint density at radius 1 is 0.974 bits per heavy atom. The number of benzene rings is 3. The molecule has 0 aliphatic carbocycles. The van der Waals surface area contributed by atoms with Crippen molar-refractivity contribution in [1.29, 1.82) is 0 Å². The highest BCUT2D eigenvalue weighted by Crippen LogP contribution is 2.39. The van der Waals surface area contributed by atoms with Gasteiger partial charge in [0.05, 0.1) is 58.2 Å². The maximum atomic E-state index is 14.9. The lowest BCUT2D eigenvalue weighted by atomic mass is 9.85. The van der Waals surface area contributed by atoms with E-state index in [1.54, 1.807) is 53.2 Å².